The van der Waals surface area contributed by atoms with Crippen LogP contribution in [0.1, 0.15) is 12.5 Å². The third-order valence-electron chi connectivity index (χ3n) is 2.16. The highest BCUT2D eigenvalue weighted by molar-refractivity contribution is 6.30. The Bertz CT molecular complexity index is 483. The topological polar surface area (TPSA) is 0 Å². The van der Waals surface area contributed by atoms with Crippen LogP contribution in [-0.4, -0.2) is 12.3 Å². The summed E-state index contributed by atoms with van der Waals surface area (Å²) in [6.45, 7) is 1.08. The van der Waals surface area contributed by atoms with E-state index in [1.807, 2.05) is 0 Å². The van der Waals surface area contributed by atoms with Gasteiger partial charge in [0, 0.05) is 5.02 Å². The van der Waals surface area contributed by atoms with Crippen molar-refractivity contribution in [2.75, 3.05) is 0 Å². The molecule has 0 aliphatic carbocycles. The van der Waals surface area contributed by atoms with Crippen molar-refractivity contribution in [2.24, 2.45) is 0 Å². The molecule has 0 N–H and O–H groups in total. The van der Waals surface area contributed by atoms with Gasteiger partial charge in [0.05, 0.1) is 5.57 Å². The number of hydrogen-bond donors (Lipinski definition) is 0. The lowest BCUT2D eigenvalue weighted by atomic mass is 10.0. The Morgan fingerprint density at radius 2 is 1.74 bits per heavy atom. The minimum Gasteiger partial charge on any atom is -0.243 e. The average molecular weight is 297 g/mol. The van der Waals surface area contributed by atoms with E-state index in [-0.39, 0.29) is 10.6 Å². The molecule has 0 radical (unpaired) electrons. The van der Waals surface area contributed by atoms with Crippen molar-refractivity contribution >= 4 is 17.2 Å². The molecule has 1 aromatic rings. The first-order valence-electron chi connectivity index (χ1n) is 5.27. The number of alkyl halides is 4. The molecule has 1 rings (SSSR count). The lowest BCUT2D eigenvalue weighted by molar-refractivity contribution is -0.0699. The van der Waals surface area contributed by atoms with Crippen LogP contribution in [0.15, 0.2) is 42.2 Å². The zero-order valence-corrected chi connectivity index (χ0v) is 10.6. The molecule has 6 heteroatoms. The monoisotopic (exact) mass is 296 g/mol. The summed E-state index contributed by atoms with van der Waals surface area (Å²) < 4.78 is 64.6. The number of halogens is 6. The van der Waals surface area contributed by atoms with Gasteiger partial charge < -0.3 is 0 Å². The molecule has 0 heterocycles. The lowest BCUT2D eigenvalue weighted by Crippen LogP contribution is -2.12. The second kappa shape index (κ2) is 6.19. The maximum Gasteiger partial charge on any atom is 0.419 e. The van der Waals surface area contributed by atoms with Crippen molar-refractivity contribution in [1.29, 1.82) is 0 Å². The summed E-state index contributed by atoms with van der Waals surface area (Å²) in [5, 5.41) is 0.235. The molecule has 1 aromatic carbocycles. The van der Waals surface area contributed by atoms with Gasteiger partial charge in [0.15, 0.2) is 0 Å². The molecular formula is C13H10ClF5. The fourth-order valence-electron chi connectivity index (χ4n) is 1.35. The molecule has 0 bridgehead atoms. The average Bonchev–Trinajstić information content (AvgIpc) is 2.27. The molecule has 0 aromatic heterocycles. The molecular weight excluding hydrogens is 287 g/mol. The minimum absolute atomic E-state index is 0.235. The SMILES string of the molecule is CC(F)/C=C/C(F)=C(/c1ccc(Cl)cc1)C(F)(F)F. The highest BCUT2D eigenvalue weighted by Gasteiger charge is 2.37. The van der Waals surface area contributed by atoms with Gasteiger partial charge in [-0.05, 0) is 36.8 Å². The molecule has 19 heavy (non-hydrogen) atoms. The Morgan fingerprint density at radius 3 is 2.16 bits per heavy atom. The third kappa shape index (κ3) is 4.67. The van der Waals surface area contributed by atoms with Gasteiger partial charge in [-0.25, -0.2) is 8.78 Å². The smallest absolute Gasteiger partial charge is 0.243 e. The van der Waals surface area contributed by atoms with Gasteiger partial charge >= 0.3 is 6.18 Å². The normalized spacial score (nSPS) is 15.5. The van der Waals surface area contributed by atoms with E-state index in [2.05, 4.69) is 0 Å². The molecule has 1 unspecified atom stereocenters. The van der Waals surface area contributed by atoms with Gasteiger partial charge in [-0.15, -0.1) is 0 Å². The summed E-state index contributed by atoms with van der Waals surface area (Å²) in [7, 11) is 0. The van der Waals surface area contributed by atoms with Crippen LogP contribution in [0.4, 0.5) is 22.0 Å². The van der Waals surface area contributed by atoms with E-state index in [1.54, 1.807) is 0 Å². The van der Waals surface area contributed by atoms with E-state index < -0.39 is 23.7 Å². The summed E-state index contributed by atoms with van der Waals surface area (Å²) in [5.41, 5.74) is -1.83. The van der Waals surface area contributed by atoms with Gasteiger partial charge in [0.25, 0.3) is 0 Å². The van der Waals surface area contributed by atoms with E-state index in [0.717, 1.165) is 19.1 Å². The van der Waals surface area contributed by atoms with E-state index in [9.17, 15) is 22.0 Å². The van der Waals surface area contributed by atoms with Gasteiger partial charge in [0.2, 0.25) is 0 Å². The molecule has 0 saturated carbocycles. The van der Waals surface area contributed by atoms with Gasteiger partial charge in [0.1, 0.15) is 12.0 Å². The van der Waals surface area contributed by atoms with Crippen LogP contribution in [0.2, 0.25) is 5.02 Å². The van der Waals surface area contributed by atoms with Crippen LogP contribution >= 0.6 is 11.6 Å². The van der Waals surface area contributed by atoms with Crippen LogP contribution in [-0.2, 0) is 0 Å². The van der Waals surface area contributed by atoms with Crippen LogP contribution in [0.3, 0.4) is 0 Å². The molecule has 0 fully saturated rings. The highest BCUT2D eigenvalue weighted by atomic mass is 35.5. The Labute approximate surface area is 112 Å². The van der Waals surface area contributed by atoms with Crippen molar-refractivity contribution in [3.8, 4) is 0 Å². The first kappa shape index (κ1) is 15.7. The molecule has 104 valence electrons. The maximum atomic E-state index is 13.6. The molecule has 1 atom stereocenters. The predicted octanol–water partition coefficient (Wildman–Crippen LogP) is 5.50. The molecule has 0 aliphatic heterocycles. The summed E-state index contributed by atoms with van der Waals surface area (Å²) in [4.78, 5) is 0. The van der Waals surface area contributed by atoms with E-state index in [4.69, 9.17) is 11.6 Å². The van der Waals surface area contributed by atoms with Crippen LogP contribution in [0.5, 0.6) is 0 Å². The lowest BCUT2D eigenvalue weighted by Gasteiger charge is -2.12. The zero-order valence-electron chi connectivity index (χ0n) is 9.81. The predicted molar refractivity (Wildman–Crippen MR) is 65.2 cm³/mol. The summed E-state index contributed by atoms with van der Waals surface area (Å²) in [5.74, 6) is -1.54. The second-order valence-electron chi connectivity index (χ2n) is 3.76. The molecule has 0 nitrogen and oxygen atoms in total. The minimum atomic E-state index is -4.89. The maximum absolute atomic E-state index is 13.6. The quantitative estimate of drug-likeness (QED) is 0.510. The second-order valence-corrected chi connectivity index (χ2v) is 4.20. The molecule has 0 spiro atoms. The Kier molecular flexibility index (Phi) is 5.11. The van der Waals surface area contributed by atoms with Crippen molar-refractivity contribution in [3.05, 3.63) is 52.8 Å². The number of benzene rings is 1. The molecule has 0 saturated heterocycles. The van der Waals surface area contributed by atoms with Crippen molar-refractivity contribution in [3.63, 3.8) is 0 Å². The first-order chi connectivity index (χ1) is 8.71. The van der Waals surface area contributed by atoms with Crippen LogP contribution in [0.25, 0.3) is 5.57 Å². The standard InChI is InChI=1S/C13H10ClF5/c1-8(15)2-7-11(16)12(13(17,18)19)9-3-5-10(14)6-4-9/h2-8H,1H3/b7-2+,12-11+. The van der Waals surface area contributed by atoms with Gasteiger partial charge in [-0.3, -0.25) is 0 Å². The van der Waals surface area contributed by atoms with Crippen molar-refractivity contribution < 1.29 is 22.0 Å². The fraction of sp³-hybridized carbons (Fsp3) is 0.231. The van der Waals surface area contributed by atoms with Crippen molar-refractivity contribution in [1.82, 2.24) is 0 Å². The molecule has 0 aliphatic rings. The van der Waals surface area contributed by atoms with Gasteiger partial charge in [-0.1, -0.05) is 23.7 Å². The highest BCUT2D eigenvalue weighted by Crippen LogP contribution is 2.37. The van der Waals surface area contributed by atoms with Gasteiger partial charge in [-0.2, -0.15) is 13.2 Å². The zero-order chi connectivity index (χ0) is 14.6. The Balaban J connectivity index is 3.30. The van der Waals surface area contributed by atoms with Crippen LogP contribution < -0.4 is 0 Å². The number of rotatable bonds is 3. The summed E-state index contributed by atoms with van der Waals surface area (Å²) in [6, 6.07) is 4.55. The van der Waals surface area contributed by atoms with E-state index >= 15 is 0 Å². The summed E-state index contributed by atoms with van der Waals surface area (Å²) in [6.07, 6.45) is -5.24. The van der Waals surface area contributed by atoms with E-state index in [1.165, 1.54) is 12.1 Å². The Morgan fingerprint density at radius 1 is 1.21 bits per heavy atom. The summed E-state index contributed by atoms with van der Waals surface area (Å²) >= 11 is 5.56. The third-order valence-corrected chi connectivity index (χ3v) is 2.41. The number of hydrogen-bond acceptors (Lipinski definition) is 0. The fourth-order valence-corrected chi connectivity index (χ4v) is 1.48. The molecule has 0 amide bonds. The number of allylic oxidation sites excluding steroid dienone is 4. The van der Waals surface area contributed by atoms with E-state index in [0.29, 0.717) is 12.2 Å². The Hall–Kier alpha value is -1.36. The largest absolute Gasteiger partial charge is 0.419 e. The van der Waals surface area contributed by atoms with Crippen molar-refractivity contribution in [2.45, 2.75) is 19.3 Å². The van der Waals surface area contributed by atoms with Crippen LogP contribution in [0, 0.1) is 0 Å². The first-order valence-corrected chi connectivity index (χ1v) is 5.65.